The Balaban J connectivity index is 2.80. The zero-order valence-corrected chi connectivity index (χ0v) is 9.63. The summed E-state index contributed by atoms with van der Waals surface area (Å²) in [7, 11) is 0. The Labute approximate surface area is 103 Å². The first-order chi connectivity index (χ1) is 8.56. The van der Waals surface area contributed by atoms with Gasteiger partial charge in [0.05, 0.1) is 4.92 Å². The third kappa shape index (κ3) is 3.70. The van der Waals surface area contributed by atoms with Gasteiger partial charge in [0, 0.05) is 24.9 Å². The van der Waals surface area contributed by atoms with E-state index in [0.717, 1.165) is 6.42 Å². The number of rotatable bonds is 7. The van der Waals surface area contributed by atoms with Gasteiger partial charge in [-0.15, -0.1) is 0 Å². The summed E-state index contributed by atoms with van der Waals surface area (Å²) in [6, 6.07) is 3.88. The van der Waals surface area contributed by atoms with Crippen LogP contribution in [0.1, 0.15) is 23.2 Å². The van der Waals surface area contributed by atoms with Crippen LogP contribution in [0.5, 0.6) is 0 Å². The SMILES string of the molecule is O=C(O)c1ccc(NCCCCO)cc1[N+](=O)[O-]. The number of carboxylic acid groups (broad SMARTS) is 1. The van der Waals surface area contributed by atoms with E-state index >= 15 is 0 Å². The summed E-state index contributed by atoms with van der Waals surface area (Å²) < 4.78 is 0. The molecule has 1 aromatic carbocycles. The number of benzene rings is 1. The minimum atomic E-state index is -1.33. The van der Waals surface area contributed by atoms with Crippen LogP contribution in [0.2, 0.25) is 0 Å². The molecule has 7 heteroatoms. The molecule has 0 atom stereocenters. The van der Waals surface area contributed by atoms with Crippen LogP contribution in [0.25, 0.3) is 0 Å². The molecule has 3 N–H and O–H groups in total. The second kappa shape index (κ2) is 6.55. The molecule has 1 aromatic rings. The highest BCUT2D eigenvalue weighted by Crippen LogP contribution is 2.23. The van der Waals surface area contributed by atoms with Gasteiger partial charge in [0.1, 0.15) is 5.56 Å². The van der Waals surface area contributed by atoms with Gasteiger partial charge < -0.3 is 15.5 Å². The first-order valence-electron chi connectivity index (χ1n) is 5.42. The Morgan fingerprint density at radius 2 is 2.11 bits per heavy atom. The third-order valence-electron chi connectivity index (χ3n) is 2.34. The zero-order chi connectivity index (χ0) is 13.5. The van der Waals surface area contributed by atoms with Crippen molar-refractivity contribution in [1.82, 2.24) is 0 Å². The lowest BCUT2D eigenvalue weighted by molar-refractivity contribution is -0.385. The number of unbranched alkanes of at least 4 members (excludes halogenated alkanes) is 1. The molecule has 0 fully saturated rings. The lowest BCUT2D eigenvalue weighted by atomic mass is 10.1. The summed E-state index contributed by atoms with van der Waals surface area (Å²) >= 11 is 0. The first-order valence-corrected chi connectivity index (χ1v) is 5.42. The standard InChI is InChI=1S/C11H14N2O5/c14-6-2-1-5-12-8-3-4-9(11(15)16)10(7-8)13(17)18/h3-4,7,12,14H,1-2,5-6H2,(H,15,16). The number of aliphatic hydroxyl groups is 1. The molecule has 0 spiro atoms. The largest absolute Gasteiger partial charge is 0.477 e. The average molecular weight is 254 g/mol. The molecule has 0 aliphatic rings. The van der Waals surface area contributed by atoms with Gasteiger partial charge in [-0.1, -0.05) is 0 Å². The monoisotopic (exact) mass is 254 g/mol. The number of nitro groups is 1. The number of nitrogens with one attached hydrogen (secondary N) is 1. The van der Waals surface area contributed by atoms with Gasteiger partial charge in [0.2, 0.25) is 0 Å². The van der Waals surface area contributed by atoms with Crippen molar-refractivity contribution >= 4 is 17.3 Å². The zero-order valence-electron chi connectivity index (χ0n) is 9.63. The Morgan fingerprint density at radius 3 is 2.67 bits per heavy atom. The number of aromatic carboxylic acids is 1. The highest BCUT2D eigenvalue weighted by Gasteiger charge is 2.19. The van der Waals surface area contributed by atoms with E-state index in [9.17, 15) is 14.9 Å². The minimum absolute atomic E-state index is 0.0970. The molecule has 0 amide bonds. The fourth-order valence-corrected chi connectivity index (χ4v) is 1.44. The Morgan fingerprint density at radius 1 is 1.39 bits per heavy atom. The Kier molecular flexibility index (Phi) is 5.06. The van der Waals surface area contributed by atoms with Crippen LogP contribution in [-0.4, -0.2) is 34.3 Å². The Bertz CT molecular complexity index is 447. The van der Waals surface area contributed by atoms with Gasteiger partial charge in [-0.05, 0) is 25.0 Å². The summed E-state index contributed by atoms with van der Waals surface area (Å²) in [5.74, 6) is -1.33. The maximum atomic E-state index is 10.8. The molecule has 0 aliphatic heterocycles. The number of nitrogens with zero attached hydrogens (tertiary/aromatic N) is 1. The van der Waals surface area contributed by atoms with Crippen molar-refractivity contribution in [3.63, 3.8) is 0 Å². The predicted molar refractivity (Wildman–Crippen MR) is 64.9 cm³/mol. The van der Waals surface area contributed by atoms with Gasteiger partial charge in [0.25, 0.3) is 5.69 Å². The van der Waals surface area contributed by atoms with E-state index < -0.39 is 16.6 Å². The van der Waals surface area contributed by atoms with Crippen molar-refractivity contribution in [2.24, 2.45) is 0 Å². The smallest absolute Gasteiger partial charge is 0.342 e. The van der Waals surface area contributed by atoms with Gasteiger partial charge in [-0.2, -0.15) is 0 Å². The quantitative estimate of drug-likeness (QED) is 0.386. The van der Waals surface area contributed by atoms with E-state index in [4.69, 9.17) is 10.2 Å². The topological polar surface area (TPSA) is 113 Å². The average Bonchev–Trinajstić information content (AvgIpc) is 2.34. The highest BCUT2D eigenvalue weighted by atomic mass is 16.6. The van der Waals surface area contributed by atoms with Crippen molar-refractivity contribution in [3.8, 4) is 0 Å². The van der Waals surface area contributed by atoms with Crippen LogP contribution in [0, 0.1) is 10.1 Å². The molecule has 0 unspecified atom stereocenters. The summed E-state index contributed by atoms with van der Waals surface area (Å²) in [5.41, 5.74) is -0.278. The lowest BCUT2D eigenvalue weighted by Gasteiger charge is -2.06. The van der Waals surface area contributed by atoms with E-state index in [2.05, 4.69) is 5.32 Å². The van der Waals surface area contributed by atoms with Crippen molar-refractivity contribution in [1.29, 1.82) is 0 Å². The number of nitro benzene ring substituents is 1. The second-order valence-electron chi connectivity index (χ2n) is 3.65. The van der Waals surface area contributed by atoms with Crippen LogP contribution < -0.4 is 5.32 Å². The maximum absolute atomic E-state index is 10.8. The van der Waals surface area contributed by atoms with E-state index in [0.29, 0.717) is 18.7 Å². The number of hydrogen-bond acceptors (Lipinski definition) is 5. The molecule has 0 bridgehead atoms. The number of aliphatic hydroxyl groups excluding tert-OH is 1. The van der Waals surface area contributed by atoms with Gasteiger partial charge >= 0.3 is 5.97 Å². The molecule has 0 radical (unpaired) electrons. The molecule has 0 heterocycles. The molecule has 7 nitrogen and oxygen atoms in total. The molecular formula is C11H14N2O5. The van der Waals surface area contributed by atoms with Gasteiger partial charge in [-0.25, -0.2) is 4.79 Å². The molecule has 0 saturated carbocycles. The normalized spacial score (nSPS) is 10.1. The van der Waals surface area contributed by atoms with Crippen molar-refractivity contribution < 1.29 is 19.9 Å². The fraction of sp³-hybridized carbons (Fsp3) is 0.364. The number of carbonyl (C=O) groups is 1. The molecule has 1 rings (SSSR count). The number of anilines is 1. The molecule has 0 aromatic heterocycles. The fourth-order valence-electron chi connectivity index (χ4n) is 1.44. The van der Waals surface area contributed by atoms with Crippen molar-refractivity contribution in [2.75, 3.05) is 18.5 Å². The van der Waals surface area contributed by atoms with Crippen molar-refractivity contribution in [2.45, 2.75) is 12.8 Å². The molecular weight excluding hydrogens is 240 g/mol. The van der Waals surface area contributed by atoms with E-state index in [1.165, 1.54) is 18.2 Å². The van der Waals surface area contributed by atoms with Crippen LogP contribution in [0.3, 0.4) is 0 Å². The second-order valence-corrected chi connectivity index (χ2v) is 3.65. The number of hydrogen-bond donors (Lipinski definition) is 3. The van der Waals surface area contributed by atoms with Gasteiger partial charge in [0.15, 0.2) is 0 Å². The highest BCUT2D eigenvalue weighted by molar-refractivity contribution is 5.93. The van der Waals surface area contributed by atoms with E-state index in [1.807, 2.05) is 0 Å². The summed E-state index contributed by atoms with van der Waals surface area (Å²) in [6.07, 6.45) is 1.37. The molecule has 18 heavy (non-hydrogen) atoms. The van der Waals surface area contributed by atoms with Crippen LogP contribution in [-0.2, 0) is 0 Å². The van der Waals surface area contributed by atoms with Crippen molar-refractivity contribution in [3.05, 3.63) is 33.9 Å². The van der Waals surface area contributed by atoms with E-state index in [-0.39, 0.29) is 12.2 Å². The summed E-state index contributed by atoms with van der Waals surface area (Å²) in [4.78, 5) is 20.8. The molecule has 0 saturated heterocycles. The first kappa shape index (κ1) is 13.9. The third-order valence-corrected chi connectivity index (χ3v) is 2.34. The number of carboxylic acids is 1. The molecule has 0 aliphatic carbocycles. The molecule has 98 valence electrons. The van der Waals surface area contributed by atoms with Crippen LogP contribution >= 0.6 is 0 Å². The van der Waals surface area contributed by atoms with Crippen LogP contribution in [0.15, 0.2) is 18.2 Å². The van der Waals surface area contributed by atoms with Gasteiger partial charge in [-0.3, -0.25) is 10.1 Å². The Hall–Kier alpha value is -2.15. The summed E-state index contributed by atoms with van der Waals surface area (Å²) in [6.45, 7) is 0.657. The maximum Gasteiger partial charge on any atom is 0.342 e. The lowest BCUT2D eigenvalue weighted by Crippen LogP contribution is -2.06. The predicted octanol–water partition coefficient (Wildman–Crippen LogP) is 1.48. The van der Waals surface area contributed by atoms with Crippen LogP contribution in [0.4, 0.5) is 11.4 Å². The summed E-state index contributed by atoms with van der Waals surface area (Å²) in [5, 5.41) is 31.1. The van der Waals surface area contributed by atoms with E-state index in [1.54, 1.807) is 0 Å². The minimum Gasteiger partial charge on any atom is -0.477 e.